The highest BCUT2D eigenvalue weighted by Crippen LogP contribution is 2.24. The number of alkyl carbamates (subject to hydrolysis) is 1. The lowest BCUT2D eigenvalue weighted by Gasteiger charge is -2.31. The summed E-state index contributed by atoms with van der Waals surface area (Å²) in [5.41, 5.74) is 6.18. The van der Waals surface area contributed by atoms with Crippen molar-refractivity contribution in [2.45, 2.75) is 45.6 Å². The first-order chi connectivity index (χ1) is 16.6. The molecule has 0 saturated heterocycles. The number of carbonyl (C=O) groups excluding carboxylic acids is 2. The second-order valence-corrected chi connectivity index (χ2v) is 9.20. The van der Waals surface area contributed by atoms with Gasteiger partial charge in [-0.05, 0) is 16.5 Å². The van der Waals surface area contributed by atoms with Crippen molar-refractivity contribution in [3.05, 3.63) is 108 Å². The van der Waals surface area contributed by atoms with Gasteiger partial charge in [-0.25, -0.2) is 4.79 Å². The molecule has 35 heavy (non-hydrogen) atoms. The van der Waals surface area contributed by atoms with E-state index in [1.165, 1.54) is 0 Å². The van der Waals surface area contributed by atoms with Crippen molar-refractivity contribution in [3.63, 3.8) is 0 Å². The third-order valence-electron chi connectivity index (χ3n) is 5.33. The first-order valence-corrected chi connectivity index (χ1v) is 11.4. The molecule has 0 aliphatic rings. The molecule has 0 radical (unpaired) electrons. The summed E-state index contributed by atoms with van der Waals surface area (Å²) in [7, 11) is 0. The zero-order valence-electron chi connectivity index (χ0n) is 20.4. The topological polar surface area (TPSA) is 126 Å². The third kappa shape index (κ3) is 9.23. The molecular weight excluding hydrogens is 444 g/mol. The molecule has 3 atom stereocenters. The van der Waals surface area contributed by atoms with Crippen molar-refractivity contribution in [1.29, 1.82) is 0 Å². The van der Waals surface area contributed by atoms with Gasteiger partial charge in [-0.15, -0.1) is 0 Å². The van der Waals surface area contributed by atoms with Crippen LogP contribution in [0.4, 0.5) is 4.79 Å². The Bertz CT molecular complexity index is 994. The maximum Gasteiger partial charge on any atom is 0.408 e. The van der Waals surface area contributed by atoms with Crippen LogP contribution in [0.25, 0.3) is 0 Å². The molecular formula is C28H34N2O5. The van der Waals surface area contributed by atoms with E-state index in [4.69, 9.17) is 4.74 Å². The summed E-state index contributed by atoms with van der Waals surface area (Å²) in [5.74, 6) is -1.33. The van der Waals surface area contributed by atoms with Crippen LogP contribution in [0.1, 0.15) is 49.6 Å². The summed E-state index contributed by atoms with van der Waals surface area (Å²) in [6.45, 7) is 5.19. The van der Waals surface area contributed by atoms with Crippen LogP contribution in [0.5, 0.6) is 0 Å². The van der Waals surface area contributed by atoms with E-state index in [1.54, 1.807) is 20.8 Å². The minimum atomic E-state index is -1.33. The number of aliphatic hydroxyl groups excluding tert-OH is 1. The molecule has 3 rings (SSSR count). The summed E-state index contributed by atoms with van der Waals surface area (Å²) in [4.78, 5) is 22.5. The highest BCUT2D eigenvalue weighted by atomic mass is 16.5. The Hall–Kier alpha value is -3.68. The van der Waals surface area contributed by atoms with Crippen molar-refractivity contribution in [1.82, 2.24) is 5.32 Å². The van der Waals surface area contributed by atoms with E-state index < -0.39 is 29.6 Å². The molecule has 0 aliphatic carbocycles. The lowest BCUT2D eigenvalue weighted by molar-refractivity contribution is -0.446. The summed E-state index contributed by atoms with van der Waals surface area (Å²) in [6.07, 6.45) is -1.32. The van der Waals surface area contributed by atoms with E-state index in [2.05, 4.69) is 11.1 Å². The van der Waals surface area contributed by atoms with Crippen LogP contribution in [0.2, 0.25) is 0 Å². The van der Waals surface area contributed by atoms with Gasteiger partial charge in [0.1, 0.15) is 18.8 Å². The molecule has 3 aromatic rings. The van der Waals surface area contributed by atoms with Crippen LogP contribution in [-0.4, -0.2) is 23.2 Å². The summed E-state index contributed by atoms with van der Waals surface area (Å²) >= 11 is 0. The van der Waals surface area contributed by atoms with Crippen molar-refractivity contribution in [2.24, 2.45) is 5.41 Å². The van der Waals surface area contributed by atoms with Gasteiger partial charge < -0.3 is 30.8 Å². The Balaban J connectivity index is 0.000000250. The van der Waals surface area contributed by atoms with Gasteiger partial charge in [0.25, 0.3) is 0 Å². The maximum atomic E-state index is 11.6. The Labute approximate surface area is 206 Å². The number of ether oxygens (including phenoxy) is 1. The number of carboxylic acid groups (broad SMARTS) is 1. The molecule has 5 N–H and O–H groups in total. The van der Waals surface area contributed by atoms with Gasteiger partial charge in [0.05, 0.1) is 12.0 Å². The molecule has 0 spiro atoms. The monoisotopic (exact) mass is 478 g/mol. The number of benzene rings is 3. The summed E-state index contributed by atoms with van der Waals surface area (Å²) in [5, 5.41) is 23.5. The molecule has 1 amide bonds. The average molecular weight is 479 g/mol. The molecule has 7 nitrogen and oxygen atoms in total. The summed E-state index contributed by atoms with van der Waals surface area (Å²) < 4.78 is 4.96. The predicted octanol–water partition coefficient (Wildman–Crippen LogP) is 2.78. The third-order valence-corrected chi connectivity index (χ3v) is 5.33. The number of aliphatic hydroxyl groups is 1. The molecule has 0 heterocycles. The SMILES string of the molecule is CC(C)(C)[C@H](NC(=O)OCc1ccccc1)C(=O)[O-].[NH3+][C@H](c1ccccc1)[C@@H](O)c1ccccc1. The maximum absolute atomic E-state index is 11.6. The minimum absolute atomic E-state index is 0.0938. The largest absolute Gasteiger partial charge is 0.548 e. The Morgan fingerprint density at radius 1 is 0.886 bits per heavy atom. The van der Waals surface area contributed by atoms with Gasteiger partial charge in [0.2, 0.25) is 0 Å². The van der Waals surface area contributed by atoms with Gasteiger partial charge in [-0.1, -0.05) is 112 Å². The first-order valence-electron chi connectivity index (χ1n) is 11.4. The van der Waals surface area contributed by atoms with E-state index >= 15 is 0 Å². The lowest BCUT2D eigenvalue weighted by atomic mass is 9.87. The average Bonchev–Trinajstić information content (AvgIpc) is 2.86. The van der Waals surface area contributed by atoms with E-state index in [-0.39, 0.29) is 12.6 Å². The minimum Gasteiger partial charge on any atom is -0.548 e. The fraction of sp³-hybridized carbons (Fsp3) is 0.286. The second kappa shape index (κ2) is 13.3. The normalized spacial score (nSPS) is 13.4. The second-order valence-electron chi connectivity index (χ2n) is 9.20. The number of rotatable bonds is 7. The van der Waals surface area contributed by atoms with E-state index in [0.717, 1.165) is 16.7 Å². The van der Waals surface area contributed by atoms with Gasteiger partial charge in [-0.3, -0.25) is 0 Å². The summed E-state index contributed by atoms with van der Waals surface area (Å²) in [6, 6.07) is 27.4. The number of quaternary nitrogens is 1. The molecule has 0 fully saturated rings. The first kappa shape index (κ1) is 27.6. The number of aliphatic carboxylic acids is 1. The molecule has 0 unspecified atom stereocenters. The Morgan fingerprint density at radius 2 is 1.34 bits per heavy atom. The van der Waals surface area contributed by atoms with E-state index in [0.29, 0.717) is 0 Å². The highest BCUT2D eigenvalue weighted by molar-refractivity contribution is 5.79. The zero-order chi connectivity index (χ0) is 25.8. The van der Waals surface area contributed by atoms with Gasteiger partial charge in [-0.2, -0.15) is 0 Å². The fourth-order valence-electron chi connectivity index (χ4n) is 3.28. The molecule has 0 bridgehead atoms. The lowest BCUT2D eigenvalue weighted by Crippen LogP contribution is -2.56. The molecule has 0 aromatic heterocycles. The number of carboxylic acids is 1. The number of nitrogens with one attached hydrogen (secondary N) is 1. The van der Waals surface area contributed by atoms with Crippen molar-refractivity contribution < 1.29 is 30.3 Å². The Kier molecular flexibility index (Phi) is 10.5. The standard InChI is InChI=1S/C14H19NO4.C14H15NO/c1-14(2,3)11(12(16)17)15-13(18)19-9-10-7-5-4-6-8-10;15-13(11-7-3-1-4-8-11)14(16)12-9-5-2-6-10-12/h4-8,11H,9H2,1-3H3,(H,15,18)(H,16,17);1-10,13-14,16H,15H2/t11-;13-,14+/m11/s1. The number of hydrogen-bond acceptors (Lipinski definition) is 5. The molecule has 0 saturated carbocycles. The molecule has 3 aromatic carbocycles. The van der Waals surface area contributed by atoms with Crippen molar-refractivity contribution >= 4 is 12.1 Å². The van der Waals surface area contributed by atoms with Crippen LogP contribution >= 0.6 is 0 Å². The zero-order valence-corrected chi connectivity index (χ0v) is 20.4. The molecule has 0 aliphatic heterocycles. The van der Waals surface area contributed by atoms with Crippen LogP contribution in [-0.2, 0) is 16.1 Å². The number of hydrogen-bond donors (Lipinski definition) is 3. The predicted molar refractivity (Wildman–Crippen MR) is 131 cm³/mol. The van der Waals surface area contributed by atoms with Gasteiger partial charge >= 0.3 is 6.09 Å². The van der Waals surface area contributed by atoms with Gasteiger partial charge in [0.15, 0.2) is 0 Å². The van der Waals surface area contributed by atoms with Crippen LogP contribution in [0.3, 0.4) is 0 Å². The van der Waals surface area contributed by atoms with Crippen molar-refractivity contribution in [3.8, 4) is 0 Å². The molecule has 186 valence electrons. The Morgan fingerprint density at radius 3 is 1.80 bits per heavy atom. The molecule has 7 heteroatoms. The van der Waals surface area contributed by atoms with Crippen molar-refractivity contribution in [2.75, 3.05) is 0 Å². The van der Waals surface area contributed by atoms with Gasteiger partial charge in [0, 0.05) is 5.56 Å². The quantitative estimate of drug-likeness (QED) is 0.481. The highest BCUT2D eigenvalue weighted by Gasteiger charge is 2.28. The van der Waals surface area contributed by atoms with E-state index in [9.17, 15) is 19.8 Å². The smallest absolute Gasteiger partial charge is 0.408 e. The fourth-order valence-corrected chi connectivity index (χ4v) is 3.28. The number of carbonyl (C=O) groups is 2. The number of amides is 1. The van der Waals surface area contributed by atoms with E-state index in [1.807, 2.05) is 91.0 Å². The van der Waals surface area contributed by atoms with Crippen LogP contribution < -0.4 is 16.2 Å². The van der Waals surface area contributed by atoms with Crippen LogP contribution in [0.15, 0.2) is 91.0 Å². The van der Waals surface area contributed by atoms with Crippen LogP contribution in [0, 0.1) is 5.41 Å².